The number of nitrogens with one attached hydrogen (secondary N) is 1. The second-order valence-corrected chi connectivity index (χ2v) is 5.07. The van der Waals surface area contributed by atoms with Crippen LogP contribution < -0.4 is 5.32 Å². The average Bonchev–Trinajstić information content (AvgIpc) is 2.32. The third-order valence-electron chi connectivity index (χ3n) is 3.58. The normalized spacial score (nSPS) is 15.3. The first-order valence-electron chi connectivity index (χ1n) is 6.51. The van der Waals surface area contributed by atoms with Crippen molar-refractivity contribution < 1.29 is 9.18 Å². The molecule has 0 atom stereocenters. The number of hydrogen-bond donors (Lipinski definition) is 1. The lowest BCUT2D eigenvalue weighted by Gasteiger charge is -2.26. The highest BCUT2D eigenvalue weighted by molar-refractivity contribution is 6.06. The highest BCUT2D eigenvalue weighted by atomic mass is 19.1. The molecule has 1 N–H and O–H groups in total. The number of carbonyl (C=O) groups excluding carboxylic acids is 1. The van der Waals surface area contributed by atoms with Gasteiger partial charge in [0.05, 0.1) is 11.1 Å². The summed E-state index contributed by atoms with van der Waals surface area (Å²) < 4.78 is 13.2. The molecule has 1 amide bonds. The van der Waals surface area contributed by atoms with E-state index in [0.717, 1.165) is 18.5 Å². The summed E-state index contributed by atoms with van der Waals surface area (Å²) in [4.78, 5) is 16.5. The molecule has 0 spiro atoms. The van der Waals surface area contributed by atoms with E-state index in [9.17, 15) is 9.18 Å². The molecule has 1 aliphatic carbocycles. The molecule has 0 unspecified atom stereocenters. The molecule has 0 aliphatic heterocycles. The Bertz CT molecular complexity index is 645. The largest absolute Gasteiger partial charge is 0.349 e. The van der Waals surface area contributed by atoms with Crippen molar-refractivity contribution in [3.05, 3.63) is 41.3 Å². The number of amides is 1. The third kappa shape index (κ3) is 2.30. The van der Waals surface area contributed by atoms with E-state index in [2.05, 4.69) is 10.3 Å². The van der Waals surface area contributed by atoms with Crippen molar-refractivity contribution >= 4 is 16.8 Å². The molecule has 1 aliphatic rings. The maximum Gasteiger partial charge on any atom is 0.252 e. The van der Waals surface area contributed by atoms with Crippen LogP contribution in [0.1, 0.15) is 35.3 Å². The van der Waals surface area contributed by atoms with E-state index in [0.29, 0.717) is 16.5 Å². The number of pyridine rings is 1. The standard InChI is InChI=1S/C15H15FN2O/c1-9-7-13(15(19)18-11-3-2-4-11)12-6-5-10(16)8-14(12)17-9/h5-8,11H,2-4H2,1H3,(H,18,19). The lowest BCUT2D eigenvalue weighted by atomic mass is 9.92. The Morgan fingerprint density at radius 2 is 2.16 bits per heavy atom. The predicted molar refractivity (Wildman–Crippen MR) is 71.5 cm³/mol. The molecular formula is C15H15FN2O. The number of nitrogens with zero attached hydrogens (tertiary/aromatic N) is 1. The first-order valence-corrected chi connectivity index (χ1v) is 6.51. The van der Waals surface area contributed by atoms with Gasteiger partial charge in [0.25, 0.3) is 5.91 Å². The van der Waals surface area contributed by atoms with Gasteiger partial charge in [0.2, 0.25) is 0 Å². The summed E-state index contributed by atoms with van der Waals surface area (Å²) in [6, 6.07) is 6.39. The lowest BCUT2D eigenvalue weighted by molar-refractivity contribution is 0.0918. The SMILES string of the molecule is Cc1cc(C(=O)NC2CCC2)c2ccc(F)cc2n1. The number of aromatic nitrogens is 1. The van der Waals surface area contributed by atoms with E-state index >= 15 is 0 Å². The third-order valence-corrected chi connectivity index (χ3v) is 3.58. The van der Waals surface area contributed by atoms with Gasteiger partial charge in [0.15, 0.2) is 0 Å². The van der Waals surface area contributed by atoms with Crippen LogP contribution >= 0.6 is 0 Å². The molecule has 1 fully saturated rings. The van der Waals surface area contributed by atoms with Crippen LogP contribution in [0.2, 0.25) is 0 Å². The van der Waals surface area contributed by atoms with Gasteiger partial charge >= 0.3 is 0 Å². The minimum absolute atomic E-state index is 0.0909. The first-order chi connectivity index (χ1) is 9.13. The van der Waals surface area contributed by atoms with E-state index in [4.69, 9.17) is 0 Å². The number of fused-ring (bicyclic) bond motifs is 1. The van der Waals surface area contributed by atoms with Crippen LogP contribution in [0, 0.1) is 12.7 Å². The molecule has 2 aromatic rings. The Morgan fingerprint density at radius 3 is 2.84 bits per heavy atom. The van der Waals surface area contributed by atoms with Gasteiger partial charge < -0.3 is 5.32 Å². The predicted octanol–water partition coefficient (Wildman–Crippen LogP) is 2.96. The fourth-order valence-electron chi connectivity index (χ4n) is 2.34. The van der Waals surface area contributed by atoms with E-state index < -0.39 is 0 Å². The van der Waals surface area contributed by atoms with Gasteiger partial charge in [-0.3, -0.25) is 9.78 Å². The zero-order chi connectivity index (χ0) is 13.4. The van der Waals surface area contributed by atoms with Crippen LogP contribution in [0.15, 0.2) is 24.3 Å². The molecule has 0 bridgehead atoms. The molecule has 1 saturated carbocycles. The fourth-order valence-corrected chi connectivity index (χ4v) is 2.34. The maximum atomic E-state index is 13.2. The van der Waals surface area contributed by atoms with Gasteiger partial charge in [-0.1, -0.05) is 0 Å². The Kier molecular flexibility index (Phi) is 2.93. The summed E-state index contributed by atoms with van der Waals surface area (Å²) in [5, 5.41) is 3.70. The smallest absolute Gasteiger partial charge is 0.252 e. The zero-order valence-corrected chi connectivity index (χ0v) is 10.7. The molecule has 1 aromatic carbocycles. The first kappa shape index (κ1) is 12.1. The van der Waals surface area contributed by atoms with Gasteiger partial charge in [-0.2, -0.15) is 0 Å². The summed E-state index contributed by atoms with van der Waals surface area (Å²) in [7, 11) is 0. The van der Waals surface area contributed by atoms with Crippen LogP contribution in [0.4, 0.5) is 4.39 Å². The van der Waals surface area contributed by atoms with Crippen LogP contribution in [-0.4, -0.2) is 16.9 Å². The highest BCUT2D eigenvalue weighted by Gasteiger charge is 2.21. The molecule has 1 heterocycles. The van der Waals surface area contributed by atoms with Crippen LogP contribution in [-0.2, 0) is 0 Å². The Morgan fingerprint density at radius 1 is 1.37 bits per heavy atom. The summed E-state index contributed by atoms with van der Waals surface area (Å²) in [5.41, 5.74) is 1.82. The van der Waals surface area contributed by atoms with Gasteiger partial charge in [-0.05, 0) is 44.4 Å². The van der Waals surface area contributed by atoms with Crippen molar-refractivity contribution in [2.24, 2.45) is 0 Å². The van der Waals surface area contributed by atoms with Crippen LogP contribution in [0.25, 0.3) is 10.9 Å². The van der Waals surface area contributed by atoms with Crippen molar-refractivity contribution in [3.63, 3.8) is 0 Å². The molecule has 0 saturated heterocycles. The minimum atomic E-state index is -0.337. The monoisotopic (exact) mass is 258 g/mol. The number of aryl methyl sites for hydroxylation is 1. The van der Waals surface area contributed by atoms with Crippen molar-refractivity contribution in [2.45, 2.75) is 32.2 Å². The van der Waals surface area contributed by atoms with Crippen LogP contribution in [0.5, 0.6) is 0 Å². The van der Waals surface area contributed by atoms with Gasteiger partial charge in [0.1, 0.15) is 5.82 Å². The van der Waals surface area contributed by atoms with Crippen LogP contribution in [0.3, 0.4) is 0 Å². The highest BCUT2D eigenvalue weighted by Crippen LogP contribution is 2.22. The Labute approximate surface area is 110 Å². The maximum absolute atomic E-state index is 13.2. The van der Waals surface area contributed by atoms with E-state index in [-0.39, 0.29) is 17.8 Å². The molecule has 4 heteroatoms. The molecule has 98 valence electrons. The van der Waals surface area contributed by atoms with E-state index in [1.165, 1.54) is 18.6 Å². The minimum Gasteiger partial charge on any atom is -0.349 e. The average molecular weight is 258 g/mol. The second-order valence-electron chi connectivity index (χ2n) is 5.07. The summed E-state index contributed by atoms with van der Waals surface area (Å²) >= 11 is 0. The number of rotatable bonds is 2. The number of benzene rings is 1. The van der Waals surface area contributed by atoms with Gasteiger partial charge in [-0.15, -0.1) is 0 Å². The zero-order valence-electron chi connectivity index (χ0n) is 10.7. The fraction of sp³-hybridized carbons (Fsp3) is 0.333. The van der Waals surface area contributed by atoms with Crippen molar-refractivity contribution in [1.29, 1.82) is 0 Å². The number of hydrogen-bond acceptors (Lipinski definition) is 2. The topological polar surface area (TPSA) is 42.0 Å². The Balaban J connectivity index is 2.03. The van der Waals surface area contributed by atoms with E-state index in [1.807, 2.05) is 6.92 Å². The molecule has 0 radical (unpaired) electrons. The second kappa shape index (κ2) is 4.61. The van der Waals surface area contributed by atoms with Crippen molar-refractivity contribution in [2.75, 3.05) is 0 Å². The summed E-state index contributed by atoms with van der Waals surface area (Å²) in [5.74, 6) is -0.428. The Hall–Kier alpha value is -1.97. The molecular weight excluding hydrogens is 243 g/mol. The quantitative estimate of drug-likeness (QED) is 0.899. The van der Waals surface area contributed by atoms with Gasteiger partial charge in [-0.25, -0.2) is 4.39 Å². The number of halogens is 1. The molecule has 3 rings (SSSR count). The van der Waals surface area contributed by atoms with Crippen molar-refractivity contribution in [1.82, 2.24) is 10.3 Å². The van der Waals surface area contributed by atoms with Crippen molar-refractivity contribution in [3.8, 4) is 0 Å². The van der Waals surface area contributed by atoms with Gasteiger partial charge in [0, 0.05) is 23.2 Å². The summed E-state index contributed by atoms with van der Waals surface area (Å²) in [6.07, 6.45) is 3.26. The molecule has 19 heavy (non-hydrogen) atoms. The summed E-state index contributed by atoms with van der Waals surface area (Å²) in [6.45, 7) is 1.81. The molecule has 1 aromatic heterocycles. The lowest BCUT2D eigenvalue weighted by Crippen LogP contribution is -2.39. The molecule has 3 nitrogen and oxygen atoms in total. The number of carbonyl (C=O) groups is 1. The van der Waals surface area contributed by atoms with E-state index in [1.54, 1.807) is 12.1 Å².